The van der Waals surface area contributed by atoms with Crippen LogP contribution in [0.3, 0.4) is 0 Å². The molecule has 0 spiro atoms. The van der Waals surface area contributed by atoms with Gasteiger partial charge in [0.1, 0.15) is 0 Å². The molecule has 0 fully saturated rings. The molecule has 3 aliphatic rings. The van der Waals surface area contributed by atoms with Crippen molar-refractivity contribution < 1.29 is 29.4 Å². The number of carbonyl (C=O) groups is 4. The third-order valence-electron chi connectivity index (χ3n) is 8.36. The molecule has 2 bridgehead atoms. The molecule has 42 heavy (non-hydrogen) atoms. The molecule has 0 heterocycles. The van der Waals surface area contributed by atoms with E-state index < -0.39 is 11.9 Å². The smallest absolute Gasteiger partial charge is 0.336 e. The maximum absolute atomic E-state index is 13.6. The number of carbonyl (C=O) groups excluding carboxylic acids is 2. The zero-order chi connectivity index (χ0) is 29.1. The summed E-state index contributed by atoms with van der Waals surface area (Å²) in [6.45, 7) is 0. The number of rotatable bonds is 6. The topological polar surface area (TPSA) is 109 Å². The minimum absolute atomic E-state index is 0.0535. The number of hydrogen-bond donors (Lipinski definition) is 2. The van der Waals surface area contributed by atoms with Crippen LogP contribution < -0.4 is 0 Å². The lowest BCUT2D eigenvalue weighted by Crippen LogP contribution is -2.28. The third kappa shape index (κ3) is 3.73. The Kier molecular flexibility index (Phi) is 5.73. The molecule has 0 aromatic heterocycles. The Bertz CT molecular complexity index is 1880. The zero-order valence-electron chi connectivity index (χ0n) is 22.1. The lowest BCUT2D eigenvalue weighted by Gasteiger charge is -2.42. The van der Waals surface area contributed by atoms with Crippen molar-refractivity contribution in [3.8, 4) is 0 Å². The third-order valence-corrected chi connectivity index (χ3v) is 8.36. The first kappa shape index (κ1) is 25.4. The fourth-order valence-electron chi connectivity index (χ4n) is 6.55. The number of carboxylic acid groups (broad SMARTS) is 2. The molecule has 0 saturated heterocycles. The summed E-state index contributed by atoms with van der Waals surface area (Å²) in [4.78, 5) is 50.8. The van der Waals surface area contributed by atoms with Crippen molar-refractivity contribution in [1.82, 2.24) is 0 Å². The predicted octanol–water partition coefficient (Wildman–Crippen LogP) is 6.53. The van der Waals surface area contributed by atoms with E-state index in [1.165, 1.54) is 24.3 Å². The van der Waals surface area contributed by atoms with Crippen LogP contribution >= 0.6 is 0 Å². The van der Waals surface area contributed by atoms with E-state index in [9.17, 15) is 29.4 Å². The van der Waals surface area contributed by atoms with Gasteiger partial charge >= 0.3 is 11.9 Å². The van der Waals surface area contributed by atoms with Crippen LogP contribution in [-0.2, 0) is 0 Å². The molecule has 6 heteroatoms. The molecule has 202 valence electrons. The fraction of sp³-hybridized carbons (Fsp3) is 0.0556. The van der Waals surface area contributed by atoms with E-state index >= 15 is 0 Å². The van der Waals surface area contributed by atoms with Crippen molar-refractivity contribution in [2.45, 2.75) is 11.8 Å². The normalized spacial score (nSPS) is 15.7. The van der Waals surface area contributed by atoms with Gasteiger partial charge in [0.2, 0.25) is 0 Å². The molecule has 6 nitrogen and oxygen atoms in total. The molecule has 2 N–H and O–H groups in total. The van der Waals surface area contributed by atoms with Gasteiger partial charge in [-0.1, -0.05) is 84.9 Å². The summed E-state index contributed by atoms with van der Waals surface area (Å²) in [6, 6.07) is 31.6. The minimum Gasteiger partial charge on any atom is -0.478 e. The first-order valence-corrected chi connectivity index (χ1v) is 13.5. The maximum atomic E-state index is 13.6. The lowest BCUT2D eigenvalue weighted by atomic mass is 9.60. The quantitative estimate of drug-likeness (QED) is 0.228. The Morgan fingerprint density at radius 3 is 1.14 bits per heavy atom. The highest BCUT2D eigenvalue weighted by Gasteiger charge is 2.42. The van der Waals surface area contributed by atoms with Crippen LogP contribution in [0.2, 0.25) is 0 Å². The van der Waals surface area contributed by atoms with E-state index in [0.29, 0.717) is 11.1 Å². The molecule has 0 atom stereocenters. The van der Waals surface area contributed by atoms with E-state index in [4.69, 9.17) is 0 Å². The highest BCUT2D eigenvalue weighted by Crippen LogP contribution is 2.56. The highest BCUT2D eigenvalue weighted by molar-refractivity contribution is 6.15. The number of ketones is 2. The van der Waals surface area contributed by atoms with Crippen molar-refractivity contribution in [2.24, 2.45) is 0 Å². The lowest BCUT2D eigenvalue weighted by molar-refractivity contribution is 0.0683. The van der Waals surface area contributed by atoms with Gasteiger partial charge in [0.15, 0.2) is 11.6 Å². The van der Waals surface area contributed by atoms with Gasteiger partial charge in [0.05, 0.1) is 11.1 Å². The molecule has 8 rings (SSSR count). The molecular formula is C36H22O6. The van der Waals surface area contributed by atoms with Crippen LogP contribution in [0.5, 0.6) is 0 Å². The van der Waals surface area contributed by atoms with Crippen LogP contribution in [-0.4, -0.2) is 33.7 Å². The zero-order valence-corrected chi connectivity index (χ0v) is 22.1. The first-order chi connectivity index (χ1) is 20.3. The van der Waals surface area contributed by atoms with Gasteiger partial charge in [-0.05, 0) is 57.6 Å². The molecule has 0 aliphatic heterocycles. The van der Waals surface area contributed by atoms with E-state index in [-0.39, 0.29) is 45.7 Å². The summed E-state index contributed by atoms with van der Waals surface area (Å²) in [5.74, 6) is -3.45. The average molecular weight is 551 g/mol. The largest absolute Gasteiger partial charge is 0.478 e. The number of hydrogen-bond acceptors (Lipinski definition) is 4. The van der Waals surface area contributed by atoms with Gasteiger partial charge in [-0.3, -0.25) is 9.59 Å². The molecule has 5 aromatic rings. The second-order valence-corrected chi connectivity index (χ2v) is 10.5. The molecule has 0 saturated carbocycles. The van der Waals surface area contributed by atoms with Gasteiger partial charge in [-0.15, -0.1) is 0 Å². The van der Waals surface area contributed by atoms with Crippen molar-refractivity contribution in [2.75, 3.05) is 0 Å². The van der Waals surface area contributed by atoms with E-state index in [2.05, 4.69) is 12.1 Å². The summed E-state index contributed by atoms with van der Waals surface area (Å²) in [5, 5.41) is 19.3. The number of aromatic carboxylic acids is 2. The van der Waals surface area contributed by atoms with Crippen LogP contribution in [0.1, 0.15) is 97.8 Å². The van der Waals surface area contributed by atoms with Gasteiger partial charge in [0.25, 0.3) is 0 Å². The van der Waals surface area contributed by atoms with Crippen molar-refractivity contribution in [1.29, 1.82) is 0 Å². The SMILES string of the molecule is O=C(O)c1ccccc1C(=O)c1ccc2c(c1)C1c3ccccc3C2c2ccc(C(=O)c3ccccc3C(=O)O)cc21. The first-order valence-electron chi connectivity index (χ1n) is 13.5. The Hall–Kier alpha value is -5.62. The molecule has 0 unspecified atom stereocenters. The summed E-state index contributed by atoms with van der Waals surface area (Å²) in [5.41, 5.74) is 7.13. The van der Waals surface area contributed by atoms with Crippen LogP contribution in [0, 0.1) is 0 Å². The van der Waals surface area contributed by atoms with Crippen LogP contribution in [0.4, 0.5) is 0 Å². The van der Waals surface area contributed by atoms with Crippen molar-refractivity contribution in [3.63, 3.8) is 0 Å². The number of carboxylic acids is 2. The minimum atomic E-state index is -1.17. The van der Waals surface area contributed by atoms with E-state index in [0.717, 1.165) is 33.4 Å². The summed E-state index contributed by atoms with van der Waals surface area (Å²) in [7, 11) is 0. The van der Waals surface area contributed by atoms with Crippen molar-refractivity contribution >= 4 is 23.5 Å². The Morgan fingerprint density at radius 2 is 0.738 bits per heavy atom. The highest BCUT2D eigenvalue weighted by atomic mass is 16.4. The molecule has 5 aromatic carbocycles. The van der Waals surface area contributed by atoms with Crippen LogP contribution in [0.25, 0.3) is 0 Å². The predicted molar refractivity (Wildman–Crippen MR) is 155 cm³/mol. The Labute approximate surface area is 240 Å². The second-order valence-electron chi connectivity index (χ2n) is 10.5. The Balaban J connectivity index is 1.37. The van der Waals surface area contributed by atoms with Gasteiger partial charge in [-0.25, -0.2) is 9.59 Å². The molecule has 3 aliphatic carbocycles. The summed E-state index contributed by atoms with van der Waals surface area (Å²) < 4.78 is 0. The van der Waals surface area contributed by atoms with Gasteiger partial charge in [0, 0.05) is 34.1 Å². The average Bonchev–Trinajstić information content (AvgIpc) is 3.03. The maximum Gasteiger partial charge on any atom is 0.336 e. The molecule has 0 amide bonds. The Morgan fingerprint density at radius 1 is 0.405 bits per heavy atom. The number of benzene rings is 5. The second kappa shape index (κ2) is 9.49. The fourth-order valence-corrected chi connectivity index (χ4v) is 6.55. The van der Waals surface area contributed by atoms with E-state index in [1.54, 1.807) is 36.4 Å². The monoisotopic (exact) mass is 550 g/mol. The van der Waals surface area contributed by atoms with Crippen molar-refractivity contribution in [3.05, 3.63) is 176 Å². The summed E-state index contributed by atoms with van der Waals surface area (Å²) in [6.07, 6.45) is 0. The standard InChI is InChI=1S/C36H22O6/c37-33(25-9-3-5-11-27(25)35(39)40)19-13-15-23-29(17-19)32-22-8-2-1-7-21(22)31(23)24-16-14-20(18-30(24)32)34(38)26-10-4-6-12-28(26)36(41)42/h1-18,31-32H,(H,39,40)(H,41,42). The summed E-state index contributed by atoms with van der Waals surface area (Å²) >= 11 is 0. The molecular weight excluding hydrogens is 528 g/mol. The molecule has 0 radical (unpaired) electrons. The van der Waals surface area contributed by atoms with Gasteiger partial charge < -0.3 is 10.2 Å². The van der Waals surface area contributed by atoms with Gasteiger partial charge in [-0.2, -0.15) is 0 Å². The van der Waals surface area contributed by atoms with Crippen LogP contribution in [0.15, 0.2) is 109 Å². The van der Waals surface area contributed by atoms with E-state index in [1.807, 2.05) is 36.4 Å².